The van der Waals surface area contributed by atoms with Gasteiger partial charge in [-0.1, -0.05) is 18.2 Å². The molecule has 0 amide bonds. The summed E-state index contributed by atoms with van der Waals surface area (Å²) in [7, 11) is 3.48. The Hall–Kier alpha value is -5.36. The van der Waals surface area contributed by atoms with Crippen LogP contribution in [0.1, 0.15) is 75.9 Å². The number of ether oxygens (including phenoxy) is 5. The van der Waals surface area contributed by atoms with Gasteiger partial charge in [0.05, 0.1) is 36.6 Å². The second-order valence-corrected chi connectivity index (χ2v) is 16.6. The molecule has 2 fully saturated rings. The van der Waals surface area contributed by atoms with Gasteiger partial charge in [0.25, 0.3) is 0 Å². The smallest absolute Gasteiger partial charge is 0.335 e. The minimum atomic E-state index is -1.39. The number of carbonyl (C=O) groups excluding carboxylic acids is 2. The van der Waals surface area contributed by atoms with E-state index in [9.17, 15) is 20.0 Å². The minimum Gasteiger partial charge on any atom is -0.504 e. The van der Waals surface area contributed by atoms with Crippen LogP contribution in [0.3, 0.4) is 0 Å². The molecule has 0 aliphatic carbocycles. The largest absolute Gasteiger partial charge is 0.504 e. The maximum atomic E-state index is 14.9. The number of aromatic hydroxyl groups is 1. The molecule has 4 bridgehead atoms. The van der Waals surface area contributed by atoms with Crippen molar-refractivity contribution in [3.05, 3.63) is 80.7 Å². The Balaban J connectivity index is 1.26. The van der Waals surface area contributed by atoms with E-state index >= 15 is 0 Å². The number of hydrogen-bond acceptors (Lipinski definition) is 14. The summed E-state index contributed by atoms with van der Waals surface area (Å²) >= 11 is 1.50. The van der Waals surface area contributed by atoms with E-state index in [0.29, 0.717) is 63.0 Å². The number of carbonyl (C=O) groups is 2. The van der Waals surface area contributed by atoms with Gasteiger partial charge in [0.2, 0.25) is 6.79 Å². The van der Waals surface area contributed by atoms with Gasteiger partial charge in [0.1, 0.15) is 29.7 Å². The zero-order chi connectivity index (χ0) is 38.9. The van der Waals surface area contributed by atoms with Crippen LogP contribution in [-0.4, -0.2) is 78.3 Å². The van der Waals surface area contributed by atoms with Crippen molar-refractivity contribution in [3.8, 4) is 34.8 Å². The standard InChI is InChI=1S/C42H40N4O9S/c1-18-11-22-13-25-26(14-43)46-27-15-51-41(49)42(40-24(12-19(2)44-42)23-9-7-8-10-28(23)55-40)16-56-39(33(46)32(45(25)5)29(22)34(48)35(18)50-6)31-30(27)38-37(52-17-53-38)20(3)36(31)54-21(4)47/h7-11,13,19,26-27,32-33,39,44,48H,12,15-17H2,1-6H3/t19-,26-,27-,32+,33?,39+,42+/m0/s1. The van der Waals surface area contributed by atoms with Crippen LogP contribution >= 0.6 is 11.8 Å². The van der Waals surface area contributed by atoms with E-state index in [-0.39, 0.29) is 30.9 Å². The average molecular weight is 777 g/mol. The molecule has 8 heterocycles. The van der Waals surface area contributed by atoms with E-state index in [1.165, 1.54) is 25.8 Å². The number of phenolic OH excluding ortho intramolecular Hbond substituents is 1. The molecule has 0 radical (unpaired) electrons. The molecule has 0 saturated carbocycles. The fourth-order valence-electron chi connectivity index (χ4n) is 10.3. The van der Waals surface area contributed by atoms with Gasteiger partial charge in [0, 0.05) is 64.7 Å². The van der Waals surface area contributed by atoms with Gasteiger partial charge in [-0.15, -0.1) is 11.8 Å². The molecular formula is C42H40N4O9S. The number of likely N-dealkylation sites (N-methyl/N-ethyl adjacent to an activating group) is 1. The number of fused-ring (bicyclic) bond motifs is 11. The Morgan fingerprint density at radius 3 is 2.68 bits per heavy atom. The second-order valence-electron chi connectivity index (χ2n) is 15.5. The van der Waals surface area contributed by atoms with Gasteiger partial charge in [0.15, 0.2) is 28.5 Å². The molecule has 1 unspecified atom stereocenters. The molecular weight excluding hydrogens is 737 g/mol. The number of phenols is 1. The van der Waals surface area contributed by atoms with E-state index in [0.717, 1.165) is 27.8 Å². The molecule has 1 aromatic heterocycles. The lowest BCUT2D eigenvalue weighted by atomic mass is 9.74. The highest BCUT2D eigenvalue weighted by Gasteiger charge is 2.61. The van der Waals surface area contributed by atoms with E-state index in [4.69, 9.17) is 28.1 Å². The predicted molar refractivity (Wildman–Crippen MR) is 205 cm³/mol. The highest BCUT2D eigenvalue weighted by molar-refractivity contribution is 7.99. The minimum absolute atomic E-state index is 0.0165. The number of furan rings is 1. The fraction of sp³-hybridized carbons (Fsp3) is 0.405. The number of nitrogens with one attached hydrogen (secondary N) is 1. The summed E-state index contributed by atoms with van der Waals surface area (Å²) in [5.74, 6) is 1.30. The quantitative estimate of drug-likeness (QED) is 0.185. The van der Waals surface area contributed by atoms with Crippen LogP contribution < -0.4 is 24.3 Å². The Morgan fingerprint density at radius 1 is 1.12 bits per heavy atom. The number of nitriles is 1. The van der Waals surface area contributed by atoms with E-state index in [1.807, 2.05) is 64.2 Å². The summed E-state index contributed by atoms with van der Waals surface area (Å²) in [6.07, 6.45) is 2.60. The third-order valence-corrected chi connectivity index (χ3v) is 13.9. The second kappa shape index (κ2) is 12.3. The first-order valence-electron chi connectivity index (χ1n) is 18.7. The van der Waals surface area contributed by atoms with Crippen molar-refractivity contribution in [2.75, 3.05) is 33.3 Å². The van der Waals surface area contributed by atoms with Crippen LogP contribution in [0, 0.1) is 25.2 Å². The van der Waals surface area contributed by atoms with Crippen molar-refractivity contribution in [3.63, 3.8) is 0 Å². The number of methoxy groups -OCH3 is 1. The average Bonchev–Trinajstić information content (AvgIpc) is 3.81. The monoisotopic (exact) mass is 776 g/mol. The zero-order valence-corrected chi connectivity index (χ0v) is 32.5. The van der Waals surface area contributed by atoms with Gasteiger partial charge in [-0.2, -0.15) is 5.26 Å². The van der Waals surface area contributed by atoms with Crippen molar-refractivity contribution in [1.82, 2.24) is 15.1 Å². The van der Waals surface area contributed by atoms with E-state index < -0.39 is 46.9 Å². The molecule has 13 nitrogen and oxygen atoms in total. The Morgan fingerprint density at radius 2 is 1.91 bits per heavy atom. The van der Waals surface area contributed by atoms with Crippen molar-refractivity contribution < 1.29 is 42.8 Å². The van der Waals surface area contributed by atoms with Gasteiger partial charge in [-0.3, -0.25) is 15.0 Å². The molecule has 288 valence electrons. The number of piperazine rings is 1. The Bertz CT molecular complexity index is 2490. The summed E-state index contributed by atoms with van der Waals surface area (Å²) in [6, 6.07) is 9.61. The maximum absolute atomic E-state index is 14.9. The van der Waals surface area contributed by atoms with E-state index in [2.05, 4.69) is 21.2 Å². The van der Waals surface area contributed by atoms with Gasteiger partial charge >= 0.3 is 11.9 Å². The molecule has 7 atom stereocenters. The lowest BCUT2D eigenvalue weighted by Gasteiger charge is -2.60. The van der Waals surface area contributed by atoms with Crippen LogP contribution in [0.4, 0.5) is 0 Å². The summed E-state index contributed by atoms with van der Waals surface area (Å²) in [5, 5.41) is 27.2. The first kappa shape index (κ1) is 35.1. The normalized spacial score (nSPS) is 28.4. The molecule has 7 aliphatic heterocycles. The summed E-state index contributed by atoms with van der Waals surface area (Å²) in [4.78, 5) is 32.1. The summed E-state index contributed by atoms with van der Waals surface area (Å²) in [6.45, 7) is 6.90. The molecule has 3 aromatic carbocycles. The van der Waals surface area contributed by atoms with Crippen LogP contribution in [-0.2, 0) is 26.3 Å². The van der Waals surface area contributed by atoms with Crippen LogP contribution in [0.5, 0.6) is 28.7 Å². The molecule has 1 spiro atoms. The Labute approximate surface area is 327 Å². The number of benzene rings is 3. The van der Waals surface area contributed by atoms with Gasteiger partial charge in [-0.05, 0) is 56.5 Å². The lowest BCUT2D eigenvalue weighted by Crippen LogP contribution is -2.64. The molecule has 7 aliphatic rings. The first-order valence-corrected chi connectivity index (χ1v) is 19.8. The topological polar surface area (TPSA) is 156 Å². The highest BCUT2D eigenvalue weighted by Crippen LogP contribution is 2.65. The number of hydrogen-bond donors (Lipinski definition) is 2. The van der Waals surface area contributed by atoms with Crippen molar-refractivity contribution in [2.24, 2.45) is 0 Å². The van der Waals surface area contributed by atoms with Gasteiger partial charge in [-0.25, -0.2) is 4.79 Å². The molecule has 2 saturated heterocycles. The van der Waals surface area contributed by atoms with Crippen LogP contribution in [0.2, 0.25) is 0 Å². The number of thioether (sulfide) groups is 1. The van der Waals surface area contributed by atoms with Crippen molar-refractivity contribution in [1.29, 1.82) is 5.26 Å². The van der Waals surface area contributed by atoms with Crippen molar-refractivity contribution in [2.45, 2.75) is 75.1 Å². The third kappa shape index (κ3) is 4.56. The van der Waals surface area contributed by atoms with Crippen LogP contribution in [0.25, 0.3) is 17.0 Å². The summed E-state index contributed by atoms with van der Waals surface area (Å²) in [5.41, 5.74) is 5.12. The van der Waals surface area contributed by atoms with E-state index in [1.54, 1.807) is 0 Å². The molecule has 11 rings (SSSR count). The highest BCUT2D eigenvalue weighted by atomic mass is 32.2. The molecule has 14 heteroatoms. The predicted octanol–water partition coefficient (Wildman–Crippen LogP) is 5.84. The molecule has 56 heavy (non-hydrogen) atoms. The SMILES string of the molecule is COc1c(C)cc2c(c1O)[C@@H]1C3[C@@H]4SC[C@]5(N[C@@H](C)Cc6c5oc5ccccc65)C(=O)OC[C@@H](c5c6c(c(C)c(OC(C)=O)c54)OCO6)N3[C@@H](C#N)C(=C2)N1C. The third-order valence-electron chi connectivity index (χ3n) is 12.4. The number of aryl methyl sites for hydroxylation is 1. The first-order chi connectivity index (χ1) is 27.0. The Kier molecular flexibility index (Phi) is 7.72. The zero-order valence-electron chi connectivity index (χ0n) is 31.7. The van der Waals surface area contributed by atoms with Gasteiger partial charge < -0.3 is 38.1 Å². The number of esters is 2. The number of rotatable bonds is 2. The molecule has 2 N–H and O–H groups in total. The number of para-hydroxylation sites is 1. The van der Waals surface area contributed by atoms with Crippen LogP contribution in [0.15, 0.2) is 40.4 Å². The number of nitrogens with zero attached hydrogens (tertiary/aromatic N) is 3. The summed E-state index contributed by atoms with van der Waals surface area (Å²) < 4.78 is 37.3. The maximum Gasteiger partial charge on any atom is 0.335 e. The fourth-order valence-corrected chi connectivity index (χ4v) is 11.9. The lowest BCUT2D eigenvalue weighted by molar-refractivity contribution is -0.156. The molecule has 4 aromatic rings. The van der Waals surface area contributed by atoms with Crippen molar-refractivity contribution >= 4 is 40.7 Å².